The third-order valence-corrected chi connectivity index (χ3v) is 3.50. The fraction of sp³-hybridized carbons (Fsp3) is 0.200. The second-order valence-electron chi connectivity index (χ2n) is 4.74. The molecular weight excluding hydrogens is 288 g/mol. The maximum atomic E-state index is 9.48. The molecule has 108 valence electrons. The van der Waals surface area contributed by atoms with Gasteiger partial charge in [0.05, 0.1) is 23.9 Å². The first kappa shape index (κ1) is 13.9. The summed E-state index contributed by atoms with van der Waals surface area (Å²) in [7, 11) is 0. The molecule has 0 saturated carbocycles. The van der Waals surface area contributed by atoms with Crippen LogP contribution in [0, 0.1) is 0 Å². The molecule has 0 saturated heterocycles. The van der Waals surface area contributed by atoms with E-state index in [9.17, 15) is 5.11 Å². The highest BCUT2D eigenvalue weighted by Crippen LogP contribution is 2.22. The van der Waals surface area contributed by atoms with Gasteiger partial charge in [0.2, 0.25) is 0 Å². The van der Waals surface area contributed by atoms with E-state index >= 15 is 0 Å². The molecule has 0 aliphatic carbocycles. The fourth-order valence-electron chi connectivity index (χ4n) is 2.05. The van der Waals surface area contributed by atoms with Crippen molar-refractivity contribution in [3.8, 4) is 11.3 Å². The van der Waals surface area contributed by atoms with Crippen LogP contribution in [-0.4, -0.2) is 38.6 Å². The minimum Gasteiger partial charge on any atom is -0.390 e. The minimum atomic E-state index is -0.564. The van der Waals surface area contributed by atoms with Crippen LogP contribution in [0.4, 0.5) is 5.69 Å². The molecule has 3 aromatic rings. The molecule has 0 aliphatic heterocycles. The van der Waals surface area contributed by atoms with Crippen LogP contribution in [0.2, 0.25) is 0 Å². The monoisotopic (exact) mass is 302 g/mol. The Labute approximate surface area is 127 Å². The number of aromatic amines is 1. The summed E-state index contributed by atoms with van der Waals surface area (Å²) < 4.78 is 0. The van der Waals surface area contributed by atoms with E-state index in [1.807, 2.05) is 36.5 Å². The van der Waals surface area contributed by atoms with Gasteiger partial charge in [0.1, 0.15) is 5.52 Å². The van der Waals surface area contributed by atoms with Gasteiger partial charge in [-0.2, -0.15) is 0 Å². The standard InChI is InChI=1S/C15H15ClN4O/c16-7-12(21)8-18-11-3-1-2-10(6-11)14-9-19-15-13(20-14)4-5-17-15/h1-6,9,12,18,21H,7-8H2,(H,17,19). The Morgan fingerprint density at radius 3 is 3.10 bits per heavy atom. The second kappa shape index (κ2) is 6.11. The number of H-pyrrole nitrogens is 1. The van der Waals surface area contributed by atoms with Crippen LogP contribution < -0.4 is 5.32 Å². The summed E-state index contributed by atoms with van der Waals surface area (Å²) in [6, 6.07) is 9.72. The number of alkyl halides is 1. The molecule has 0 spiro atoms. The van der Waals surface area contributed by atoms with Crippen molar-refractivity contribution >= 4 is 28.5 Å². The van der Waals surface area contributed by atoms with E-state index in [0.717, 1.165) is 28.1 Å². The normalized spacial score (nSPS) is 12.5. The zero-order chi connectivity index (χ0) is 14.7. The smallest absolute Gasteiger partial charge is 0.156 e. The lowest BCUT2D eigenvalue weighted by molar-refractivity contribution is 0.211. The molecule has 0 amide bonds. The van der Waals surface area contributed by atoms with Crippen LogP contribution in [0.15, 0.2) is 42.7 Å². The lowest BCUT2D eigenvalue weighted by atomic mass is 10.1. The van der Waals surface area contributed by atoms with E-state index in [1.165, 1.54) is 0 Å². The van der Waals surface area contributed by atoms with Gasteiger partial charge in [-0.3, -0.25) is 0 Å². The van der Waals surface area contributed by atoms with Crippen molar-refractivity contribution in [2.24, 2.45) is 0 Å². The van der Waals surface area contributed by atoms with Gasteiger partial charge in [-0.25, -0.2) is 9.97 Å². The Balaban J connectivity index is 1.84. The number of aliphatic hydroxyl groups excluding tert-OH is 1. The van der Waals surface area contributed by atoms with Crippen LogP contribution in [0.25, 0.3) is 22.4 Å². The van der Waals surface area contributed by atoms with Crippen molar-refractivity contribution in [1.82, 2.24) is 15.0 Å². The van der Waals surface area contributed by atoms with Crippen molar-refractivity contribution < 1.29 is 5.11 Å². The zero-order valence-corrected chi connectivity index (χ0v) is 12.0. The highest BCUT2D eigenvalue weighted by atomic mass is 35.5. The first-order valence-corrected chi connectivity index (χ1v) is 7.18. The van der Waals surface area contributed by atoms with E-state index in [2.05, 4.69) is 20.3 Å². The summed E-state index contributed by atoms with van der Waals surface area (Å²) >= 11 is 5.58. The molecule has 6 heteroatoms. The molecule has 2 aromatic heterocycles. The number of nitrogens with one attached hydrogen (secondary N) is 2. The average Bonchev–Trinajstić information content (AvgIpc) is 3.00. The number of aromatic nitrogens is 3. The predicted molar refractivity (Wildman–Crippen MR) is 84.5 cm³/mol. The Bertz CT molecular complexity index is 743. The number of hydrogen-bond donors (Lipinski definition) is 3. The predicted octanol–water partition coefficient (Wildman–Crippen LogP) is 2.64. The Hall–Kier alpha value is -2.11. The van der Waals surface area contributed by atoms with Gasteiger partial charge in [-0.1, -0.05) is 12.1 Å². The lowest BCUT2D eigenvalue weighted by Crippen LogP contribution is -2.20. The van der Waals surface area contributed by atoms with Gasteiger partial charge in [-0.15, -0.1) is 11.6 Å². The molecule has 21 heavy (non-hydrogen) atoms. The van der Waals surface area contributed by atoms with E-state index in [4.69, 9.17) is 11.6 Å². The van der Waals surface area contributed by atoms with Gasteiger partial charge in [0, 0.05) is 24.0 Å². The number of hydrogen-bond acceptors (Lipinski definition) is 4. The minimum absolute atomic E-state index is 0.211. The SMILES string of the molecule is OC(CCl)CNc1cccc(-c2cnc3[nH]ccc3n2)c1. The summed E-state index contributed by atoms with van der Waals surface area (Å²) in [4.78, 5) is 11.9. The molecule has 1 aromatic carbocycles. The molecule has 3 N–H and O–H groups in total. The lowest BCUT2D eigenvalue weighted by Gasteiger charge is -2.11. The second-order valence-corrected chi connectivity index (χ2v) is 5.05. The first-order valence-electron chi connectivity index (χ1n) is 6.65. The highest BCUT2D eigenvalue weighted by molar-refractivity contribution is 6.18. The van der Waals surface area contributed by atoms with Gasteiger partial charge >= 0.3 is 0 Å². The number of fused-ring (bicyclic) bond motifs is 1. The summed E-state index contributed by atoms with van der Waals surface area (Å²) in [5, 5.41) is 12.6. The van der Waals surface area contributed by atoms with E-state index in [-0.39, 0.29) is 5.88 Å². The Morgan fingerprint density at radius 2 is 2.24 bits per heavy atom. The number of halogens is 1. The van der Waals surface area contributed by atoms with Crippen molar-refractivity contribution in [3.05, 3.63) is 42.7 Å². The molecule has 1 unspecified atom stereocenters. The van der Waals surface area contributed by atoms with Crippen LogP contribution in [0.1, 0.15) is 0 Å². The van der Waals surface area contributed by atoms with E-state index in [0.29, 0.717) is 6.54 Å². The highest BCUT2D eigenvalue weighted by Gasteiger charge is 2.05. The van der Waals surface area contributed by atoms with Crippen molar-refractivity contribution in [2.45, 2.75) is 6.10 Å². The molecule has 3 rings (SSSR count). The maximum absolute atomic E-state index is 9.48. The third-order valence-electron chi connectivity index (χ3n) is 3.14. The Morgan fingerprint density at radius 1 is 1.33 bits per heavy atom. The van der Waals surface area contributed by atoms with Gasteiger partial charge in [0.25, 0.3) is 0 Å². The van der Waals surface area contributed by atoms with Crippen molar-refractivity contribution in [2.75, 3.05) is 17.7 Å². The number of rotatable bonds is 5. The topological polar surface area (TPSA) is 73.8 Å². The molecule has 0 fully saturated rings. The number of benzene rings is 1. The largest absolute Gasteiger partial charge is 0.390 e. The van der Waals surface area contributed by atoms with E-state index in [1.54, 1.807) is 6.20 Å². The zero-order valence-electron chi connectivity index (χ0n) is 11.3. The van der Waals surface area contributed by atoms with Gasteiger partial charge in [0.15, 0.2) is 5.65 Å². The summed E-state index contributed by atoms with van der Waals surface area (Å²) in [5.41, 5.74) is 4.30. The third kappa shape index (κ3) is 3.15. The summed E-state index contributed by atoms with van der Waals surface area (Å²) in [6.45, 7) is 0.412. The van der Waals surface area contributed by atoms with Crippen LogP contribution in [0.5, 0.6) is 0 Å². The fourth-order valence-corrected chi connectivity index (χ4v) is 2.16. The number of nitrogens with zero attached hydrogens (tertiary/aromatic N) is 2. The first-order chi connectivity index (χ1) is 10.3. The Kier molecular flexibility index (Phi) is 4.03. The van der Waals surface area contributed by atoms with Crippen molar-refractivity contribution in [3.63, 3.8) is 0 Å². The molecule has 1 atom stereocenters. The van der Waals surface area contributed by atoms with Crippen molar-refractivity contribution in [1.29, 1.82) is 0 Å². The molecule has 5 nitrogen and oxygen atoms in total. The quantitative estimate of drug-likeness (QED) is 0.633. The molecule has 0 bridgehead atoms. The van der Waals surface area contributed by atoms with Crippen LogP contribution >= 0.6 is 11.6 Å². The molecule has 2 heterocycles. The van der Waals surface area contributed by atoms with Gasteiger partial charge in [-0.05, 0) is 18.2 Å². The molecule has 0 radical (unpaired) electrons. The summed E-state index contributed by atoms with van der Waals surface area (Å²) in [5.74, 6) is 0.211. The number of aliphatic hydroxyl groups is 1. The van der Waals surface area contributed by atoms with Crippen LogP contribution in [0.3, 0.4) is 0 Å². The maximum Gasteiger partial charge on any atom is 0.156 e. The average molecular weight is 303 g/mol. The van der Waals surface area contributed by atoms with Crippen LogP contribution in [-0.2, 0) is 0 Å². The van der Waals surface area contributed by atoms with E-state index < -0.39 is 6.10 Å². The number of anilines is 1. The molecule has 0 aliphatic rings. The van der Waals surface area contributed by atoms with Gasteiger partial charge < -0.3 is 15.4 Å². The summed E-state index contributed by atoms with van der Waals surface area (Å²) in [6.07, 6.45) is 3.00. The molecular formula is C15H15ClN4O.